The van der Waals surface area contributed by atoms with E-state index in [1.54, 1.807) is 0 Å². The van der Waals surface area contributed by atoms with Crippen LogP contribution >= 0.6 is 0 Å². The molecular weight excluding hydrogens is 264 g/mol. The molecule has 1 unspecified atom stereocenters. The summed E-state index contributed by atoms with van der Waals surface area (Å²) in [5.41, 5.74) is -1.17. The molecule has 1 atom stereocenters. The maximum atomic E-state index is 11.8. The molecule has 2 rings (SSSR count). The molecule has 1 saturated heterocycles. The van der Waals surface area contributed by atoms with Gasteiger partial charge >= 0.3 is 5.69 Å². The van der Waals surface area contributed by atoms with Gasteiger partial charge in [0.15, 0.2) is 0 Å². The number of hydrogen-bond acceptors (Lipinski definition) is 4. The first-order valence-electron chi connectivity index (χ1n) is 6.43. The largest absolute Gasteiger partial charge is 0.354 e. The molecule has 0 spiro atoms. The lowest BCUT2D eigenvalue weighted by molar-refractivity contribution is -0.129. The van der Waals surface area contributed by atoms with Gasteiger partial charge in [-0.25, -0.2) is 4.79 Å². The molecule has 2 amide bonds. The molecule has 1 aliphatic heterocycles. The summed E-state index contributed by atoms with van der Waals surface area (Å²) in [6.07, 6.45) is 3.56. The molecule has 3 N–H and O–H groups in total. The summed E-state index contributed by atoms with van der Waals surface area (Å²) in [4.78, 5) is 47.9. The van der Waals surface area contributed by atoms with Crippen LogP contribution in [0.4, 0.5) is 0 Å². The Labute approximate surface area is 114 Å². The molecule has 1 aliphatic rings. The number of carbonyl (C=O) groups is 2. The number of nitrogens with zero attached hydrogens (tertiary/aromatic N) is 1. The highest BCUT2D eigenvalue weighted by Crippen LogP contribution is 2.05. The van der Waals surface area contributed by atoms with Crippen molar-refractivity contribution in [3.8, 4) is 0 Å². The predicted octanol–water partition coefficient (Wildman–Crippen LogP) is -1.68. The highest BCUT2D eigenvalue weighted by Gasteiger charge is 2.22. The van der Waals surface area contributed by atoms with Gasteiger partial charge < -0.3 is 10.6 Å². The van der Waals surface area contributed by atoms with Crippen LogP contribution in [-0.2, 0) is 16.1 Å². The van der Waals surface area contributed by atoms with Gasteiger partial charge in [-0.2, -0.15) is 0 Å². The summed E-state index contributed by atoms with van der Waals surface area (Å²) in [7, 11) is 0. The molecule has 20 heavy (non-hydrogen) atoms. The van der Waals surface area contributed by atoms with Gasteiger partial charge in [-0.1, -0.05) is 0 Å². The van der Waals surface area contributed by atoms with E-state index in [9.17, 15) is 19.2 Å². The SMILES string of the molecule is O=C(Cn1ccc(=O)[nH]c1=O)NC1CCCCNC1=O. The lowest BCUT2D eigenvalue weighted by atomic mass is 10.1. The van der Waals surface area contributed by atoms with Crippen molar-refractivity contribution in [2.24, 2.45) is 0 Å². The van der Waals surface area contributed by atoms with Gasteiger partial charge in [-0.3, -0.25) is 23.9 Å². The molecule has 8 heteroatoms. The molecule has 0 aliphatic carbocycles. The van der Waals surface area contributed by atoms with E-state index in [-0.39, 0.29) is 12.5 Å². The van der Waals surface area contributed by atoms with Crippen LogP contribution in [0.2, 0.25) is 0 Å². The molecule has 1 fully saturated rings. The van der Waals surface area contributed by atoms with Crippen molar-refractivity contribution in [2.75, 3.05) is 6.54 Å². The van der Waals surface area contributed by atoms with Crippen LogP contribution in [0.15, 0.2) is 21.9 Å². The van der Waals surface area contributed by atoms with Crippen molar-refractivity contribution in [1.29, 1.82) is 0 Å². The second-order valence-corrected chi connectivity index (χ2v) is 4.64. The Morgan fingerprint density at radius 3 is 2.90 bits per heavy atom. The fourth-order valence-corrected chi connectivity index (χ4v) is 2.04. The minimum atomic E-state index is -0.655. The molecule has 0 radical (unpaired) electrons. The Hall–Kier alpha value is -2.38. The molecule has 1 aromatic heterocycles. The molecule has 0 aromatic carbocycles. The van der Waals surface area contributed by atoms with Crippen LogP contribution in [0, 0.1) is 0 Å². The van der Waals surface area contributed by atoms with Crippen molar-refractivity contribution in [2.45, 2.75) is 31.8 Å². The Kier molecular flexibility index (Phi) is 4.34. The lowest BCUT2D eigenvalue weighted by Crippen LogP contribution is -2.47. The molecule has 2 heterocycles. The number of carbonyl (C=O) groups excluding carboxylic acids is 2. The molecule has 1 aromatic rings. The third-order valence-corrected chi connectivity index (χ3v) is 3.08. The molecule has 8 nitrogen and oxygen atoms in total. The molecule has 108 valence electrons. The average Bonchev–Trinajstić information content (AvgIpc) is 2.59. The zero-order valence-corrected chi connectivity index (χ0v) is 10.8. The quantitative estimate of drug-likeness (QED) is 0.614. The highest BCUT2D eigenvalue weighted by molar-refractivity contribution is 5.87. The van der Waals surface area contributed by atoms with E-state index in [1.165, 1.54) is 6.20 Å². The van der Waals surface area contributed by atoms with Gasteiger partial charge in [0, 0.05) is 18.8 Å². The van der Waals surface area contributed by atoms with Crippen molar-refractivity contribution in [1.82, 2.24) is 20.2 Å². The second kappa shape index (κ2) is 6.18. The van der Waals surface area contributed by atoms with Gasteiger partial charge in [0.05, 0.1) is 0 Å². The summed E-state index contributed by atoms with van der Waals surface area (Å²) in [6, 6.07) is 0.594. The van der Waals surface area contributed by atoms with Crippen molar-refractivity contribution < 1.29 is 9.59 Å². The summed E-state index contributed by atoms with van der Waals surface area (Å²) < 4.78 is 1.07. The third kappa shape index (κ3) is 3.56. The first-order chi connectivity index (χ1) is 9.56. The number of rotatable bonds is 3. The Balaban J connectivity index is 1.99. The molecular formula is C12H16N4O4. The normalized spacial score (nSPS) is 19.0. The fraction of sp³-hybridized carbons (Fsp3) is 0.500. The zero-order valence-electron chi connectivity index (χ0n) is 10.8. The van der Waals surface area contributed by atoms with Gasteiger partial charge in [-0.15, -0.1) is 0 Å². The van der Waals surface area contributed by atoms with E-state index < -0.39 is 23.2 Å². The summed E-state index contributed by atoms with van der Waals surface area (Å²) in [5, 5.41) is 5.31. The van der Waals surface area contributed by atoms with Crippen LogP contribution in [0.3, 0.4) is 0 Å². The molecule has 0 saturated carbocycles. The highest BCUT2D eigenvalue weighted by atomic mass is 16.2. The van der Waals surface area contributed by atoms with Crippen LogP contribution in [0.25, 0.3) is 0 Å². The van der Waals surface area contributed by atoms with Gasteiger partial charge in [0.25, 0.3) is 5.56 Å². The number of aromatic nitrogens is 2. The third-order valence-electron chi connectivity index (χ3n) is 3.08. The number of hydrogen-bond donors (Lipinski definition) is 3. The van der Waals surface area contributed by atoms with Crippen LogP contribution in [0.1, 0.15) is 19.3 Å². The van der Waals surface area contributed by atoms with E-state index in [0.717, 1.165) is 23.5 Å². The topological polar surface area (TPSA) is 113 Å². The monoisotopic (exact) mass is 280 g/mol. The summed E-state index contributed by atoms with van der Waals surface area (Å²) in [6.45, 7) is 0.379. The van der Waals surface area contributed by atoms with E-state index in [4.69, 9.17) is 0 Å². The van der Waals surface area contributed by atoms with Crippen LogP contribution < -0.4 is 21.9 Å². The van der Waals surface area contributed by atoms with Crippen molar-refractivity contribution >= 4 is 11.8 Å². The van der Waals surface area contributed by atoms with Crippen molar-refractivity contribution in [3.05, 3.63) is 33.1 Å². The summed E-state index contributed by atoms with van der Waals surface area (Å²) in [5.74, 6) is -0.647. The number of aromatic amines is 1. The van der Waals surface area contributed by atoms with Gasteiger partial charge in [0.1, 0.15) is 12.6 Å². The Morgan fingerprint density at radius 2 is 2.15 bits per heavy atom. The van der Waals surface area contributed by atoms with E-state index in [2.05, 4.69) is 15.6 Å². The van der Waals surface area contributed by atoms with Gasteiger partial charge in [-0.05, 0) is 19.3 Å². The number of amides is 2. The maximum Gasteiger partial charge on any atom is 0.328 e. The van der Waals surface area contributed by atoms with Crippen LogP contribution in [0.5, 0.6) is 0 Å². The smallest absolute Gasteiger partial charge is 0.328 e. The Morgan fingerprint density at radius 1 is 1.35 bits per heavy atom. The zero-order chi connectivity index (χ0) is 14.5. The standard InChI is InChI=1S/C12H16N4O4/c17-9-4-6-16(12(20)15-9)7-10(18)14-8-3-1-2-5-13-11(8)19/h4,6,8H,1-3,5,7H2,(H,13,19)(H,14,18)(H,15,17,20). The van der Waals surface area contributed by atoms with E-state index in [1.807, 2.05) is 0 Å². The first-order valence-corrected chi connectivity index (χ1v) is 6.43. The minimum absolute atomic E-state index is 0.204. The average molecular weight is 280 g/mol. The number of H-pyrrole nitrogens is 1. The van der Waals surface area contributed by atoms with E-state index >= 15 is 0 Å². The second-order valence-electron chi connectivity index (χ2n) is 4.64. The minimum Gasteiger partial charge on any atom is -0.354 e. The maximum absolute atomic E-state index is 11.8. The fourth-order valence-electron chi connectivity index (χ4n) is 2.04. The van der Waals surface area contributed by atoms with Gasteiger partial charge in [0.2, 0.25) is 11.8 Å². The lowest BCUT2D eigenvalue weighted by Gasteiger charge is -2.15. The van der Waals surface area contributed by atoms with E-state index in [0.29, 0.717) is 13.0 Å². The van der Waals surface area contributed by atoms with Crippen molar-refractivity contribution in [3.63, 3.8) is 0 Å². The predicted molar refractivity (Wildman–Crippen MR) is 70.1 cm³/mol. The number of nitrogens with one attached hydrogen (secondary N) is 3. The molecule has 0 bridgehead atoms. The summed E-state index contributed by atoms with van der Waals surface area (Å²) >= 11 is 0. The Bertz CT molecular complexity index is 618. The first kappa shape index (κ1) is 14.0. The van der Waals surface area contributed by atoms with Crippen LogP contribution in [-0.4, -0.2) is 34.0 Å².